The third-order valence-electron chi connectivity index (χ3n) is 5.69. The van der Waals surface area contributed by atoms with E-state index >= 15 is 0 Å². The molecule has 1 aliphatic rings. The Labute approximate surface area is 183 Å². The van der Waals surface area contributed by atoms with E-state index in [0.717, 1.165) is 47.4 Å². The van der Waals surface area contributed by atoms with Crippen molar-refractivity contribution in [3.05, 3.63) is 71.4 Å². The Hall–Kier alpha value is -3.15. The molecule has 3 aromatic rings. The van der Waals surface area contributed by atoms with Gasteiger partial charge >= 0.3 is 0 Å². The first-order valence-corrected chi connectivity index (χ1v) is 10.9. The lowest BCUT2D eigenvalue weighted by Gasteiger charge is -2.26. The van der Waals surface area contributed by atoms with E-state index in [0.29, 0.717) is 13.1 Å². The molecule has 0 radical (unpaired) electrons. The number of para-hydroxylation sites is 1. The van der Waals surface area contributed by atoms with Crippen LogP contribution in [0.2, 0.25) is 0 Å². The molecule has 6 nitrogen and oxygen atoms in total. The highest BCUT2D eigenvalue weighted by atomic mass is 16.5. The fourth-order valence-corrected chi connectivity index (χ4v) is 4.00. The molecule has 1 amide bonds. The maximum absolute atomic E-state index is 13.1. The summed E-state index contributed by atoms with van der Waals surface area (Å²) in [6.45, 7) is 6.70. The number of hydrogen-bond donors (Lipinski definition) is 0. The summed E-state index contributed by atoms with van der Waals surface area (Å²) in [5.41, 5.74) is 2.03. The van der Waals surface area contributed by atoms with E-state index in [9.17, 15) is 4.79 Å². The zero-order valence-electron chi connectivity index (χ0n) is 18.3. The summed E-state index contributed by atoms with van der Waals surface area (Å²) >= 11 is 0. The van der Waals surface area contributed by atoms with Gasteiger partial charge in [-0.05, 0) is 62.4 Å². The van der Waals surface area contributed by atoms with E-state index < -0.39 is 0 Å². The Morgan fingerprint density at radius 1 is 0.968 bits per heavy atom. The first-order valence-electron chi connectivity index (χ1n) is 10.9. The van der Waals surface area contributed by atoms with Gasteiger partial charge in [-0.2, -0.15) is 0 Å². The maximum Gasteiger partial charge on any atom is 0.261 e. The third kappa shape index (κ3) is 5.32. The van der Waals surface area contributed by atoms with Gasteiger partial charge in [0, 0.05) is 19.2 Å². The molecule has 3 heterocycles. The Morgan fingerprint density at radius 2 is 1.71 bits per heavy atom. The number of amides is 1. The Bertz CT molecular complexity index is 967. The lowest BCUT2D eigenvalue weighted by molar-refractivity contribution is -0.135. The summed E-state index contributed by atoms with van der Waals surface area (Å²) in [5, 5.41) is 0. The maximum atomic E-state index is 13.1. The molecular weight excluding hydrogens is 392 g/mol. The van der Waals surface area contributed by atoms with Crippen LogP contribution in [0.1, 0.15) is 41.9 Å². The van der Waals surface area contributed by atoms with Gasteiger partial charge < -0.3 is 23.4 Å². The second kappa shape index (κ2) is 9.77. The largest absolute Gasteiger partial charge is 0.483 e. The first kappa shape index (κ1) is 21.1. The summed E-state index contributed by atoms with van der Waals surface area (Å²) in [5.74, 6) is 3.01. The average Bonchev–Trinajstić information content (AvgIpc) is 3.46. The molecule has 0 N–H and O–H groups in total. The second-order valence-electron chi connectivity index (χ2n) is 8.13. The minimum Gasteiger partial charge on any atom is -0.483 e. The van der Waals surface area contributed by atoms with Crippen LogP contribution in [-0.4, -0.2) is 30.5 Å². The highest BCUT2D eigenvalue weighted by Crippen LogP contribution is 2.25. The fraction of sp³-hybridized carbons (Fsp3) is 0.400. The van der Waals surface area contributed by atoms with Crippen LogP contribution in [0.25, 0.3) is 0 Å². The van der Waals surface area contributed by atoms with Crippen molar-refractivity contribution in [2.75, 3.05) is 24.6 Å². The number of rotatable bonds is 8. The van der Waals surface area contributed by atoms with Crippen molar-refractivity contribution >= 4 is 11.8 Å². The molecule has 1 fully saturated rings. The van der Waals surface area contributed by atoms with Crippen molar-refractivity contribution in [1.82, 2.24) is 4.90 Å². The van der Waals surface area contributed by atoms with Gasteiger partial charge in [0.2, 0.25) is 0 Å². The number of piperidine rings is 1. The van der Waals surface area contributed by atoms with Crippen LogP contribution >= 0.6 is 0 Å². The third-order valence-corrected chi connectivity index (χ3v) is 5.69. The number of benzene rings is 1. The van der Waals surface area contributed by atoms with Crippen LogP contribution in [0.3, 0.4) is 0 Å². The van der Waals surface area contributed by atoms with Crippen LogP contribution in [-0.2, 0) is 17.9 Å². The molecule has 0 saturated carbocycles. The molecule has 1 aromatic carbocycles. The average molecular weight is 423 g/mol. The predicted octanol–water partition coefficient (Wildman–Crippen LogP) is 5.09. The number of furan rings is 2. The number of nitrogens with zero attached hydrogens (tertiary/aromatic N) is 2. The SMILES string of the molecule is Cc1cccc(C)c1OCC(=O)N(Cc1ccco1)Cc1ccc(N2CCCCC2)o1. The summed E-state index contributed by atoms with van der Waals surface area (Å²) < 4.78 is 17.5. The van der Waals surface area contributed by atoms with Gasteiger partial charge in [-0.15, -0.1) is 0 Å². The summed E-state index contributed by atoms with van der Waals surface area (Å²) in [7, 11) is 0. The fourth-order valence-electron chi connectivity index (χ4n) is 4.00. The van der Waals surface area contributed by atoms with Crippen molar-refractivity contribution < 1.29 is 18.4 Å². The van der Waals surface area contributed by atoms with Crippen LogP contribution in [0, 0.1) is 13.8 Å². The minimum absolute atomic E-state index is 0.0356. The number of aryl methyl sites for hydroxylation is 2. The van der Waals surface area contributed by atoms with Crippen molar-refractivity contribution in [3.8, 4) is 5.75 Å². The molecule has 1 aliphatic heterocycles. The standard InChI is InChI=1S/C25H30N2O4/c1-19-8-6-9-20(2)25(19)30-18-23(28)27(16-21-10-7-15-29-21)17-22-11-12-24(31-22)26-13-4-3-5-14-26/h6-12,15H,3-5,13-14,16-18H2,1-2H3. The van der Waals surface area contributed by atoms with Crippen molar-refractivity contribution in [2.24, 2.45) is 0 Å². The number of hydrogen-bond acceptors (Lipinski definition) is 5. The van der Waals surface area contributed by atoms with Gasteiger partial charge in [0.05, 0.1) is 19.4 Å². The molecule has 0 bridgehead atoms. The van der Waals surface area contributed by atoms with Crippen molar-refractivity contribution in [3.63, 3.8) is 0 Å². The second-order valence-corrected chi connectivity index (χ2v) is 8.13. The number of ether oxygens (including phenoxy) is 1. The van der Waals surface area contributed by atoms with Crippen LogP contribution < -0.4 is 9.64 Å². The first-order chi connectivity index (χ1) is 15.1. The molecular formula is C25H30N2O4. The van der Waals surface area contributed by atoms with E-state index in [4.69, 9.17) is 13.6 Å². The number of carbonyl (C=O) groups excluding carboxylic acids is 1. The molecule has 6 heteroatoms. The van der Waals surface area contributed by atoms with Crippen LogP contribution in [0.4, 0.5) is 5.88 Å². The molecule has 31 heavy (non-hydrogen) atoms. The van der Waals surface area contributed by atoms with Gasteiger partial charge in [-0.3, -0.25) is 4.79 Å². The van der Waals surface area contributed by atoms with Gasteiger partial charge in [0.1, 0.15) is 17.3 Å². The van der Waals surface area contributed by atoms with Gasteiger partial charge in [-0.25, -0.2) is 0 Å². The Morgan fingerprint density at radius 3 is 2.42 bits per heavy atom. The van der Waals surface area contributed by atoms with E-state index in [-0.39, 0.29) is 12.5 Å². The van der Waals surface area contributed by atoms with Crippen LogP contribution in [0.5, 0.6) is 5.75 Å². The summed E-state index contributed by atoms with van der Waals surface area (Å²) in [6, 6.07) is 13.6. The summed E-state index contributed by atoms with van der Waals surface area (Å²) in [4.78, 5) is 17.1. The molecule has 2 aromatic heterocycles. The Kier molecular flexibility index (Phi) is 6.65. The molecule has 164 valence electrons. The smallest absolute Gasteiger partial charge is 0.261 e. The summed E-state index contributed by atoms with van der Waals surface area (Å²) in [6.07, 6.45) is 5.27. The lowest BCUT2D eigenvalue weighted by atomic mass is 10.1. The monoisotopic (exact) mass is 422 g/mol. The van der Waals surface area contributed by atoms with Gasteiger partial charge in [0.25, 0.3) is 5.91 Å². The topological polar surface area (TPSA) is 59.1 Å². The van der Waals surface area contributed by atoms with Gasteiger partial charge in [0.15, 0.2) is 12.5 Å². The molecule has 0 unspecified atom stereocenters. The van der Waals surface area contributed by atoms with E-state index in [1.165, 1.54) is 19.3 Å². The lowest BCUT2D eigenvalue weighted by Crippen LogP contribution is -2.34. The molecule has 0 spiro atoms. The highest BCUT2D eigenvalue weighted by Gasteiger charge is 2.20. The van der Waals surface area contributed by atoms with Gasteiger partial charge in [-0.1, -0.05) is 18.2 Å². The highest BCUT2D eigenvalue weighted by molar-refractivity contribution is 5.77. The van der Waals surface area contributed by atoms with Crippen molar-refractivity contribution in [2.45, 2.75) is 46.2 Å². The van der Waals surface area contributed by atoms with Crippen molar-refractivity contribution in [1.29, 1.82) is 0 Å². The zero-order chi connectivity index (χ0) is 21.6. The van der Waals surface area contributed by atoms with Crippen LogP contribution in [0.15, 0.2) is 57.6 Å². The molecule has 0 aliphatic carbocycles. The molecule has 4 rings (SSSR count). The van der Waals surface area contributed by atoms with E-state index in [2.05, 4.69) is 4.90 Å². The quantitative estimate of drug-likeness (QED) is 0.506. The zero-order valence-corrected chi connectivity index (χ0v) is 18.3. The molecule has 1 saturated heterocycles. The van der Waals surface area contributed by atoms with E-state index in [1.54, 1.807) is 11.2 Å². The normalized spacial score (nSPS) is 13.9. The molecule has 0 atom stereocenters. The number of anilines is 1. The minimum atomic E-state index is -0.116. The predicted molar refractivity (Wildman–Crippen MR) is 119 cm³/mol. The number of carbonyl (C=O) groups is 1. The Balaban J connectivity index is 1.45. The van der Waals surface area contributed by atoms with E-state index in [1.807, 2.05) is 56.3 Å².